The fourth-order valence-corrected chi connectivity index (χ4v) is 2.28. The molecular weight excluding hydrogens is 300 g/mol. The van der Waals surface area contributed by atoms with Crippen molar-refractivity contribution in [2.45, 2.75) is 43.9 Å². The fraction of sp³-hybridized carbons (Fsp3) is 0.500. The van der Waals surface area contributed by atoms with Crippen LogP contribution in [0.2, 0.25) is 0 Å². The number of rotatable bonds is 6. The van der Waals surface area contributed by atoms with E-state index in [1.807, 2.05) is 20.8 Å². The molecule has 0 fully saturated rings. The van der Waals surface area contributed by atoms with Crippen LogP contribution in [0, 0.1) is 5.92 Å². The van der Waals surface area contributed by atoms with Gasteiger partial charge in [0.05, 0.1) is 11.3 Å². The van der Waals surface area contributed by atoms with E-state index >= 15 is 0 Å². The normalized spacial score (nSPS) is 13.5. The Morgan fingerprint density at radius 3 is 2.10 bits per heavy atom. The first-order valence-corrected chi connectivity index (χ1v) is 8.09. The molecule has 21 heavy (non-hydrogen) atoms. The highest BCUT2D eigenvalue weighted by Gasteiger charge is 2.26. The molecule has 7 heteroatoms. The second-order valence-electron chi connectivity index (χ2n) is 5.23. The maximum Gasteiger partial charge on any atom is 0.341 e. The van der Waals surface area contributed by atoms with Crippen molar-refractivity contribution in [2.24, 2.45) is 5.92 Å². The van der Waals surface area contributed by atoms with Crippen LogP contribution in [-0.4, -0.2) is 26.1 Å². The van der Waals surface area contributed by atoms with E-state index in [2.05, 4.69) is 5.32 Å². The SMILES string of the molecule is CC(C)[C@H](C)NC(=O)Cc1ccc(S(=O)(=O)C(F)F)cc1. The van der Waals surface area contributed by atoms with Gasteiger partial charge in [0, 0.05) is 6.04 Å². The summed E-state index contributed by atoms with van der Waals surface area (Å²) in [5, 5.41) is 2.81. The molecule has 0 aliphatic carbocycles. The lowest BCUT2D eigenvalue weighted by molar-refractivity contribution is -0.121. The Morgan fingerprint density at radius 2 is 1.67 bits per heavy atom. The zero-order valence-electron chi connectivity index (χ0n) is 12.1. The van der Waals surface area contributed by atoms with E-state index in [1.165, 1.54) is 12.1 Å². The number of amides is 1. The van der Waals surface area contributed by atoms with E-state index in [0.29, 0.717) is 11.5 Å². The largest absolute Gasteiger partial charge is 0.353 e. The van der Waals surface area contributed by atoms with Gasteiger partial charge in [0.25, 0.3) is 0 Å². The molecule has 0 bridgehead atoms. The van der Waals surface area contributed by atoms with Crippen molar-refractivity contribution in [3.63, 3.8) is 0 Å². The van der Waals surface area contributed by atoms with Crippen molar-refractivity contribution in [2.75, 3.05) is 0 Å². The van der Waals surface area contributed by atoms with E-state index < -0.39 is 20.5 Å². The van der Waals surface area contributed by atoms with E-state index in [9.17, 15) is 22.0 Å². The molecule has 0 spiro atoms. The van der Waals surface area contributed by atoms with Crippen molar-refractivity contribution >= 4 is 15.7 Å². The van der Waals surface area contributed by atoms with Crippen molar-refractivity contribution in [3.05, 3.63) is 29.8 Å². The van der Waals surface area contributed by atoms with Gasteiger partial charge in [0.15, 0.2) is 0 Å². The number of nitrogens with one attached hydrogen (secondary N) is 1. The standard InChI is InChI=1S/C14H19F2NO3S/c1-9(2)10(3)17-13(18)8-11-4-6-12(7-5-11)21(19,20)14(15)16/h4-7,9-10,14H,8H2,1-3H3,(H,17,18)/t10-/m0/s1. The molecule has 0 saturated heterocycles. The maximum absolute atomic E-state index is 12.4. The predicted octanol–water partition coefficient (Wildman–Crippen LogP) is 2.39. The Labute approximate surface area is 123 Å². The lowest BCUT2D eigenvalue weighted by Crippen LogP contribution is -2.37. The average molecular weight is 319 g/mol. The minimum Gasteiger partial charge on any atom is -0.353 e. The van der Waals surface area contributed by atoms with Crippen molar-refractivity contribution < 1.29 is 22.0 Å². The molecule has 1 rings (SSSR count). The molecule has 1 amide bonds. The zero-order valence-corrected chi connectivity index (χ0v) is 13.0. The molecule has 4 nitrogen and oxygen atoms in total. The van der Waals surface area contributed by atoms with Crippen LogP contribution in [-0.2, 0) is 21.1 Å². The number of carbonyl (C=O) groups is 1. The van der Waals surface area contributed by atoms with Crippen LogP contribution in [0.1, 0.15) is 26.3 Å². The molecule has 0 aliphatic rings. The quantitative estimate of drug-likeness (QED) is 0.875. The number of sulfone groups is 1. The number of hydrogen-bond acceptors (Lipinski definition) is 3. The van der Waals surface area contributed by atoms with Gasteiger partial charge in [-0.3, -0.25) is 4.79 Å². The zero-order chi connectivity index (χ0) is 16.2. The molecule has 0 radical (unpaired) electrons. The summed E-state index contributed by atoms with van der Waals surface area (Å²) >= 11 is 0. The molecule has 1 aromatic rings. The molecule has 0 heterocycles. The topological polar surface area (TPSA) is 63.2 Å². The molecule has 0 saturated carbocycles. The Bertz CT molecular complexity index is 583. The van der Waals surface area contributed by atoms with Gasteiger partial charge in [0.2, 0.25) is 15.7 Å². The maximum atomic E-state index is 12.4. The van der Waals surface area contributed by atoms with Crippen molar-refractivity contribution in [1.82, 2.24) is 5.32 Å². The van der Waals surface area contributed by atoms with E-state index in [1.54, 1.807) is 0 Å². The number of benzene rings is 1. The first-order valence-electron chi connectivity index (χ1n) is 6.55. The number of hydrogen-bond donors (Lipinski definition) is 1. The molecular formula is C14H19F2NO3S. The number of halogens is 2. The van der Waals surface area contributed by atoms with Gasteiger partial charge in [-0.05, 0) is 30.5 Å². The molecule has 0 unspecified atom stereocenters. The van der Waals surface area contributed by atoms with Crippen LogP contribution in [0.15, 0.2) is 29.2 Å². The van der Waals surface area contributed by atoms with Gasteiger partial charge in [0.1, 0.15) is 0 Å². The summed E-state index contributed by atoms with van der Waals surface area (Å²) in [5.41, 5.74) is 0.566. The highest BCUT2D eigenvalue weighted by atomic mass is 32.2. The summed E-state index contributed by atoms with van der Waals surface area (Å²) in [4.78, 5) is 11.3. The Morgan fingerprint density at radius 1 is 1.14 bits per heavy atom. The summed E-state index contributed by atoms with van der Waals surface area (Å²) in [6.45, 7) is 5.85. The van der Waals surface area contributed by atoms with E-state index in [4.69, 9.17) is 0 Å². The highest BCUT2D eigenvalue weighted by Crippen LogP contribution is 2.18. The van der Waals surface area contributed by atoms with Gasteiger partial charge < -0.3 is 5.32 Å². The second-order valence-corrected chi connectivity index (χ2v) is 7.14. The third kappa shape index (κ3) is 4.77. The lowest BCUT2D eigenvalue weighted by Gasteiger charge is -2.17. The van der Waals surface area contributed by atoms with Crippen molar-refractivity contribution in [1.29, 1.82) is 0 Å². The van der Waals surface area contributed by atoms with Gasteiger partial charge in [-0.2, -0.15) is 8.78 Å². The third-order valence-corrected chi connectivity index (χ3v) is 4.64. The highest BCUT2D eigenvalue weighted by molar-refractivity contribution is 7.91. The Balaban J connectivity index is 2.74. The Kier molecular flexibility index (Phi) is 5.83. The molecule has 1 atom stereocenters. The van der Waals surface area contributed by atoms with Gasteiger partial charge in [-0.25, -0.2) is 8.42 Å². The predicted molar refractivity (Wildman–Crippen MR) is 75.8 cm³/mol. The molecule has 118 valence electrons. The summed E-state index contributed by atoms with van der Waals surface area (Å²) < 4.78 is 47.3. The summed E-state index contributed by atoms with van der Waals surface area (Å²) in [6.07, 6.45) is 0.0755. The monoisotopic (exact) mass is 319 g/mol. The third-order valence-electron chi connectivity index (χ3n) is 3.24. The molecule has 1 aromatic carbocycles. The number of alkyl halides is 2. The number of carbonyl (C=O) groups excluding carboxylic acids is 1. The summed E-state index contributed by atoms with van der Waals surface area (Å²) in [7, 11) is -4.59. The van der Waals surface area contributed by atoms with Gasteiger partial charge >= 0.3 is 5.76 Å². The molecule has 0 aromatic heterocycles. The summed E-state index contributed by atoms with van der Waals surface area (Å²) in [5.74, 6) is -3.34. The second kappa shape index (κ2) is 6.98. The lowest BCUT2D eigenvalue weighted by atomic mass is 10.1. The minimum atomic E-state index is -4.59. The van der Waals surface area contributed by atoms with Crippen LogP contribution in [0.5, 0.6) is 0 Å². The molecule has 1 N–H and O–H groups in total. The van der Waals surface area contributed by atoms with E-state index in [-0.39, 0.29) is 18.4 Å². The van der Waals surface area contributed by atoms with Crippen LogP contribution in [0.4, 0.5) is 8.78 Å². The average Bonchev–Trinajstić information content (AvgIpc) is 2.38. The van der Waals surface area contributed by atoms with Gasteiger partial charge in [-0.1, -0.05) is 26.0 Å². The van der Waals surface area contributed by atoms with Crippen molar-refractivity contribution in [3.8, 4) is 0 Å². The van der Waals surface area contributed by atoms with Crippen LogP contribution < -0.4 is 5.32 Å². The minimum absolute atomic E-state index is 0.0241. The summed E-state index contributed by atoms with van der Waals surface area (Å²) in [6, 6.07) is 4.95. The first kappa shape index (κ1) is 17.6. The molecule has 0 aliphatic heterocycles. The van der Waals surface area contributed by atoms with Crippen LogP contribution in [0.3, 0.4) is 0 Å². The van der Waals surface area contributed by atoms with E-state index in [0.717, 1.165) is 12.1 Å². The van der Waals surface area contributed by atoms with Crippen LogP contribution >= 0.6 is 0 Å². The van der Waals surface area contributed by atoms with Gasteiger partial charge in [-0.15, -0.1) is 0 Å². The van der Waals surface area contributed by atoms with Crippen LogP contribution in [0.25, 0.3) is 0 Å². The smallest absolute Gasteiger partial charge is 0.341 e. The Hall–Kier alpha value is -1.50. The fourth-order valence-electron chi connectivity index (χ4n) is 1.56. The first-order chi connectivity index (χ1) is 9.64.